The zero-order valence-electron chi connectivity index (χ0n) is 13.7. The fourth-order valence-electron chi connectivity index (χ4n) is 3.18. The lowest BCUT2D eigenvalue weighted by Crippen LogP contribution is -2.44. The maximum atomic E-state index is 4.83. The lowest BCUT2D eigenvalue weighted by molar-refractivity contribution is 0.312. The van der Waals surface area contributed by atoms with Crippen LogP contribution in [0.5, 0.6) is 0 Å². The zero-order chi connectivity index (χ0) is 15.8. The number of allylic oxidation sites excluding steroid dienone is 2. The molecule has 0 spiro atoms. The van der Waals surface area contributed by atoms with Crippen LogP contribution in [0.15, 0.2) is 30.7 Å². The first-order valence-corrected chi connectivity index (χ1v) is 8.13. The third-order valence-electron chi connectivity index (χ3n) is 4.74. The van der Waals surface area contributed by atoms with Crippen molar-refractivity contribution in [3.8, 4) is 11.3 Å². The van der Waals surface area contributed by atoms with Crippen molar-refractivity contribution in [1.82, 2.24) is 19.9 Å². The highest BCUT2D eigenvalue weighted by molar-refractivity contribution is 5.74. The summed E-state index contributed by atoms with van der Waals surface area (Å²) in [5.74, 6) is 0.961. The summed E-state index contributed by atoms with van der Waals surface area (Å²) in [6.45, 7) is 6.27. The highest BCUT2D eigenvalue weighted by Gasteiger charge is 2.17. The van der Waals surface area contributed by atoms with Crippen molar-refractivity contribution in [1.29, 1.82) is 0 Å². The van der Waals surface area contributed by atoms with Crippen molar-refractivity contribution in [3.63, 3.8) is 0 Å². The Morgan fingerprint density at radius 3 is 2.70 bits per heavy atom. The van der Waals surface area contributed by atoms with Crippen LogP contribution in [0.3, 0.4) is 0 Å². The highest BCUT2D eigenvalue weighted by Crippen LogP contribution is 2.29. The molecule has 2 aromatic rings. The van der Waals surface area contributed by atoms with E-state index in [9.17, 15) is 0 Å². The molecule has 3 heterocycles. The van der Waals surface area contributed by atoms with Gasteiger partial charge in [-0.15, -0.1) is 0 Å². The molecule has 0 saturated carbocycles. The van der Waals surface area contributed by atoms with Gasteiger partial charge in [-0.25, -0.2) is 4.98 Å². The lowest BCUT2D eigenvalue weighted by atomic mass is 10.1. The van der Waals surface area contributed by atoms with Crippen LogP contribution in [0.4, 0.5) is 5.82 Å². The van der Waals surface area contributed by atoms with Gasteiger partial charge in [0.25, 0.3) is 0 Å². The van der Waals surface area contributed by atoms with Crippen LogP contribution in [0.25, 0.3) is 16.8 Å². The Morgan fingerprint density at radius 1 is 1.04 bits per heavy atom. The van der Waals surface area contributed by atoms with Gasteiger partial charge in [-0.3, -0.25) is 9.97 Å². The minimum atomic E-state index is 0.899. The van der Waals surface area contributed by atoms with Gasteiger partial charge in [-0.1, -0.05) is 6.08 Å². The lowest BCUT2D eigenvalue weighted by Gasteiger charge is -2.33. The van der Waals surface area contributed by atoms with Crippen molar-refractivity contribution >= 4 is 11.4 Å². The van der Waals surface area contributed by atoms with Gasteiger partial charge in [0.15, 0.2) is 0 Å². The quantitative estimate of drug-likeness (QED) is 0.851. The molecular formula is C18H21N5. The number of fused-ring (bicyclic) bond motifs is 1. The molecule has 1 saturated heterocycles. The Kier molecular flexibility index (Phi) is 3.58. The number of anilines is 1. The predicted molar refractivity (Wildman–Crippen MR) is 92.3 cm³/mol. The Bertz CT molecular complexity index is 760. The predicted octanol–water partition coefficient (Wildman–Crippen LogP) is 2.25. The largest absolute Gasteiger partial charge is 0.353 e. The summed E-state index contributed by atoms with van der Waals surface area (Å²) in [5, 5.41) is 0. The second-order valence-electron chi connectivity index (χ2n) is 6.36. The van der Waals surface area contributed by atoms with Crippen LogP contribution < -0.4 is 4.90 Å². The van der Waals surface area contributed by atoms with Crippen LogP contribution >= 0.6 is 0 Å². The van der Waals surface area contributed by atoms with Crippen LogP contribution in [0, 0.1) is 0 Å². The summed E-state index contributed by atoms with van der Waals surface area (Å²) >= 11 is 0. The zero-order valence-corrected chi connectivity index (χ0v) is 13.7. The monoisotopic (exact) mass is 307 g/mol. The summed E-state index contributed by atoms with van der Waals surface area (Å²) in [4.78, 5) is 18.5. The van der Waals surface area contributed by atoms with E-state index in [1.165, 1.54) is 11.1 Å². The average molecular weight is 307 g/mol. The van der Waals surface area contributed by atoms with Crippen LogP contribution in [-0.2, 0) is 6.42 Å². The van der Waals surface area contributed by atoms with E-state index in [1.807, 2.05) is 18.6 Å². The molecule has 1 fully saturated rings. The first kappa shape index (κ1) is 14.3. The van der Waals surface area contributed by atoms with Crippen molar-refractivity contribution in [2.24, 2.45) is 0 Å². The van der Waals surface area contributed by atoms with Crippen LogP contribution in [-0.4, -0.2) is 53.1 Å². The SMILES string of the molecule is CC1=CCc2ncc(-c3cncc(N4CCN(C)CC4)n3)cc21. The normalized spacial score (nSPS) is 18.0. The van der Waals surface area contributed by atoms with Gasteiger partial charge in [0, 0.05) is 44.4 Å². The standard InChI is InChI=1S/C18H21N5/c1-13-3-4-16-15(13)9-14(10-20-16)17-11-19-12-18(21-17)23-7-5-22(2)6-8-23/h3,9-12H,4-8H2,1-2H3. The van der Waals surface area contributed by atoms with E-state index in [-0.39, 0.29) is 0 Å². The fourth-order valence-corrected chi connectivity index (χ4v) is 3.18. The first-order chi connectivity index (χ1) is 11.2. The van der Waals surface area contributed by atoms with Crippen molar-refractivity contribution in [3.05, 3.63) is 42.0 Å². The van der Waals surface area contributed by atoms with Gasteiger partial charge < -0.3 is 9.80 Å². The van der Waals surface area contributed by atoms with Crippen molar-refractivity contribution in [2.45, 2.75) is 13.3 Å². The molecular weight excluding hydrogens is 286 g/mol. The van der Waals surface area contributed by atoms with E-state index in [4.69, 9.17) is 4.98 Å². The number of piperazine rings is 1. The first-order valence-electron chi connectivity index (χ1n) is 8.13. The average Bonchev–Trinajstić information content (AvgIpc) is 2.96. The molecule has 0 unspecified atom stereocenters. The molecule has 118 valence electrons. The van der Waals surface area contributed by atoms with Gasteiger partial charge in [-0.05, 0) is 31.2 Å². The van der Waals surface area contributed by atoms with Gasteiger partial charge in [0.1, 0.15) is 5.82 Å². The Morgan fingerprint density at radius 2 is 1.87 bits per heavy atom. The number of pyridine rings is 1. The molecule has 4 rings (SSSR count). The Hall–Kier alpha value is -2.27. The van der Waals surface area contributed by atoms with E-state index in [0.29, 0.717) is 0 Å². The second kappa shape index (κ2) is 5.74. The smallest absolute Gasteiger partial charge is 0.147 e. The minimum Gasteiger partial charge on any atom is -0.353 e. The van der Waals surface area contributed by atoms with Crippen LogP contribution in [0.2, 0.25) is 0 Å². The third kappa shape index (κ3) is 2.72. The topological polar surface area (TPSA) is 45.2 Å². The molecule has 1 aliphatic heterocycles. The number of aromatic nitrogens is 3. The summed E-state index contributed by atoms with van der Waals surface area (Å²) < 4.78 is 0. The van der Waals surface area contributed by atoms with Gasteiger partial charge >= 0.3 is 0 Å². The van der Waals surface area contributed by atoms with Crippen molar-refractivity contribution in [2.75, 3.05) is 38.1 Å². The van der Waals surface area contributed by atoms with Crippen LogP contribution in [0.1, 0.15) is 18.2 Å². The molecule has 5 nitrogen and oxygen atoms in total. The molecule has 2 aliphatic rings. The molecule has 0 radical (unpaired) electrons. The Balaban J connectivity index is 1.64. The third-order valence-corrected chi connectivity index (χ3v) is 4.74. The number of hydrogen-bond acceptors (Lipinski definition) is 5. The molecule has 0 amide bonds. The maximum Gasteiger partial charge on any atom is 0.147 e. The fraction of sp³-hybridized carbons (Fsp3) is 0.389. The minimum absolute atomic E-state index is 0.899. The summed E-state index contributed by atoms with van der Waals surface area (Å²) in [6, 6.07) is 2.19. The highest BCUT2D eigenvalue weighted by atomic mass is 15.3. The van der Waals surface area contributed by atoms with Gasteiger partial charge in [0.2, 0.25) is 0 Å². The molecule has 1 aliphatic carbocycles. The molecule has 0 bridgehead atoms. The number of rotatable bonds is 2. The molecule has 2 aromatic heterocycles. The molecule has 0 aromatic carbocycles. The summed E-state index contributed by atoms with van der Waals surface area (Å²) in [5.41, 5.74) is 5.65. The molecule has 0 atom stereocenters. The molecule has 23 heavy (non-hydrogen) atoms. The summed E-state index contributed by atoms with van der Waals surface area (Å²) in [7, 11) is 2.16. The number of hydrogen-bond donors (Lipinski definition) is 0. The molecule has 5 heteroatoms. The van der Waals surface area contributed by atoms with Crippen molar-refractivity contribution < 1.29 is 0 Å². The molecule has 0 N–H and O–H groups in total. The van der Waals surface area contributed by atoms with E-state index in [1.54, 1.807) is 0 Å². The van der Waals surface area contributed by atoms with E-state index in [2.05, 4.69) is 45.9 Å². The van der Waals surface area contributed by atoms with E-state index in [0.717, 1.165) is 55.4 Å². The van der Waals surface area contributed by atoms with E-state index < -0.39 is 0 Å². The second-order valence-corrected chi connectivity index (χ2v) is 6.36. The number of nitrogens with zero attached hydrogens (tertiary/aromatic N) is 5. The summed E-state index contributed by atoms with van der Waals surface area (Å²) in [6.07, 6.45) is 8.78. The maximum absolute atomic E-state index is 4.83. The van der Waals surface area contributed by atoms with Gasteiger partial charge in [-0.2, -0.15) is 0 Å². The Labute approximate surface area is 136 Å². The van der Waals surface area contributed by atoms with E-state index >= 15 is 0 Å². The number of likely N-dealkylation sites (N-methyl/N-ethyl adjacent to an activating group) is 1. The van der Waals surface area contributed by atoms with Gasteiger partial charge in [0.05, 0.1) is 23.8 Å².